The highest BCUT2D eigenvalue weighted by Gasteiger charge is 2.17. The van der Waals surface area contributed by atoms with Crippen LogP contribution in [0.1, 0.15) is 18.4 Å². The lowest BCUT2D eigenvalue weighted by Crippen LogP contribution is -2.30. The van der Waals surface area contributed by atoms with Gasteiger partial charge in [-0.1, -0.05) is 0 Å². The van der Waals surface area contributed by atoms with Crippen molar-refractivity contribution in [3.8, 4) is 0 Å². The number of rotatable bonds is 4. The van der Waals surface area contributed by atoms with Crippen LogP contribution in [0.5, 0.6) is 0 Å². The second-order valence-corrected chi connectivity index (χ2v) is 4.60. The Morgan fingerprint density at radius 2 is 2.24 bits per heavy atom. The number of aliphatic hydroxyl groups excluding tert-OH is 1. The molecule has 0 aliphatic carbocycles. The van der Waals surface area contributed by atoms with E-state index in [1.54, 1.807) is 6.20 Å². The number of ether oxygens (including phenoxy) is 1. The van der Waals surface area contributed by atoms with Crippen molar-refractivity contribution in [3.63, 3.8) is 0 Å². The van der Waals surface area contributed by atoms with Crippen molar-refractivity contribution in [2.45, 2.75) is 19.4 Å². The highest BCUT2D eigenvalue weighted by Crippen LogP contribution is 2.22. The Morgan fingerprint density at radius 1 is 1.47 bits per heavy atom. The molecule has 0 unspecified atom stereocenters. The van der Waals surface area contributed by atoms with E-state index in [1.165, 1.54) is 0 Å². The number of hydrogen-bond donors (Lipinski definition) is 1. The molecular formula is C13H20N2O2. The van der Waals surface area contributed by atoms with Gasteiger partial charge in [0.15, 0.2) is 0 Å². The summed E-state index contributed by atoms with van der Waals surface area (Å²) in [6.07, 6.45) is 5.79. The van der Waals surface area contributed by atoms with Gasteiger partial charge in [-0.05, 0) is 24.8 Å². The zero-order valence-corrected chi connectivity index (χ0v) is 10.3. The molecule has 1 N–H and O–H groups in total. The fraction of sp³-hybridized carbons (Fsp3) is 0.615. The molecule has 0 bridgehead atoms. The van der Waals surface area contributed by atoms with E-state index in [-0.39, 0.29) is 6.61 Å². The summed E-state index contributed by atoms with van der Waals surface area (Å²) in [6.45, 7) is 2.81. The summed E-state index contributed by atoms with van der Waals surface area (Å²) in [4.78, 5) is 6.32. The molecule has 0 atom stereocenters. The van der Waals surface area contributed by atoms with Crippen LogP contribution in [0.4, 0.5) is 5.69 Å². The lowest BCUT2D eigenvalue weighted by molar-refractivity contribution is 0.0685. The largest absolute Gasteiger partial charge is 0.392 e. The van der Waals surface area contributed by atoms with Crippen LogP contribution in [0, 0.1) is 5.92 Å². The number of aliphatic hydroxyl groups is 1. The second-order valence-electron chi connectivity index (χ2n) is 4.60. The first-order chi connectivity index (χ1) is 8.31. The summed E-state index contributed by atoms with van der Waals surface area (Å²) in [6, 6.07) is 1.87. The average Bonchev–Trinajstić information content (AvgIpc) is 2.40. The summed E-state index contributed by atoms with van der Waals surface area (Å²) >= 11 is 0. The third kappa shape index (κ3) is 3.17. The van der Waals surface area contributed by atoms with E-state index in [0.29, 0.717) is 5.92 Å². The van der Waals surface area contributed by atoms with Gasteiger partial charge in [-0.2, -0.15) is 0 Å². The van der Waals surface area contributed by atoms with Crippen molar-refractivity contribution in [2.24, 2.45) is 5.92 Å². The maximum Gasteiger partial charge on any atom is 0.0703 e. The third-order valence-corrected chi connectivity index (χ3v) is 3.34. The quantitative estimate of drug-likeness (QED) is 0.859. The summed E-state index contributed by atoms with van der Waals surface area (Å²) in [5.74, 6) is 0.681. The Morgan fingerprint density at radius 3 is 2.94 bits per heavy atom. The number of nitrogens with zero attached hydrogens (tertiary/aromatic N) is 2. The van der Waals surface area contributed by atoms with Crippen molar-refractivity contribution in [2.75, 3.05) is 31.7 Å². The van der Waals surface area contributed by atoms with Crippen LogP contribution in [0.2, 0.25) is 0 Å². The van der Waals surface area contributed by atoms with Gasteiger partial charge < -0.3 is 14.7 Å². The van der Waals surface area contributed by atoms with Crippen molar-refractivity contribution < 1.29 is 9.84 Å². The van der Waals surface area contributed by atoms with Crippen LogP contribution >= 0.6 is 0 Å². The Kier molecular flexibility index (Phi) is 4.34. The molecule has 2 rings (SSSR count). The fourth-order valence-corrected chi connectivity index (χ4v) is 2.31. The van der Waals surface area contributed by atoms with Gasteiger partial charge in [0.1, 0.15) is 0 Å². The predicted octanol–water partition coefficient (Wildman–Crippen LogP) is 1.44. The zero-order chi connectivity index (χ0) is 12.1. The van der Waals surface area contributed by atoms with Gasteiger partial charge in [-0.3, -0.25) is 4.98 Å². The Hall–Kier alpha value is -1.13. The molecule has 0 saturated carbocycles. The van der Waals surface area contributed by atoms with E-state index in [2.05, 4.69) is 16.9 Å². The standard InChI is InChI=1S/C13H20N2O2/c1-15(9-11-3-6-17-7-4-11)13-8-14-5-2-12(13)10-16/h2,5,8,11,16H,3-4,6-7,9-10H2,1H3. The Labute approximate surface area is 102 Å². The maximum absolute atomic E-state index is 9.30. The van der Waals surface area contributed by atoms with Gasteiger partial charge in [-0.25, -0.2) is 0 Å². The maximum atomic E-state index is 9.30. The molecule has 1 aromatic heterocycles. The SMILES string of the molecule is CN(CC1CCOCC1)c1cnccc1CO. The van der Waals surface area contributed by atoms with Crippen molar-refractivity contribution in [1.29, 1.82) is 0 Å². The molecule has 1 aromatic rings. The van der Waals surface area contributed by atoms with Gasteiger partial charge in [0, 0.05) is 38.6 Å². The van der Waals surface area contributed by atoms with E-state index in [4.69, 9.17) is 4.74 Å². The average molecular weight is 236 g/mol. The molecule has 1 saturated heterocycles. The molecule has 0 spiro atoms. The predicted molar refractivity (Wildman–Crippen MR) is 67.0 cm³/mol. The molecule has 0 aromatic carbocycles. The van der Waals surface area contributed by atoms with Gasteiger partial charge in [0.05, 0.1) is 18.5 Å². The second kappa shape index (κ2) is 5.98. The topological polar surface area (TPSA) is 45.6 Å². The van der Waals surface area contributed by atoms with Crippen LogP contribution in [0.15, 0.2) is 18.5 Å². The highest BCUT2D eigenvalue weighted by atomic mass is 16.5. The molecule has 94 valence electrons. The summed E-state index contributed by atoms with van der Waals surface area (Å²) in [5, 5.41) is 9.30. The molecule has 0 amide bonds. The first kappa shape index (κ1) is 12.3. The molecule has 0 radical (unpaired) electrons. The minimum absolute atomic E-state index is 0.0654. The van der Waals surface area contributed by atoms with Crippen molar-refractivity contribution >= 4 is 5.69 Å². The first-order valence-electron chi connectivity index (χ1n) is 6.14. The van der Waals surface area contributed by atoms with Crippen LogP contribution in [0.3, 0.4) is 0 Å². The van der Waals surface area contributed by atoms with E-state index < -0.39 is 0 Å². The van der Waals surface area contributed by atoms with Crippen LogP contribution in [-0.2, 0) is 11.3 Å². The fourth-order valence-electron chi connectivity index (χ4n) is 2.31. The molecule has 4 heteroatoms. The number of pyridine rings is 1. The van der Waals surface area contributed by atoms with Gasteiger partial charge in [-0.15, -0.1) is 0 Å². The van der Waals surface area contributed by atoms with Gasteiger partial charge in [0.25, 0.3) is 0 Å². The lowest BCUT2D eigenvalue weighted by Gasteiger charge is -2.29. The third-order valence-electron chi connectivity index (χ3n) is 3.34. The lowest BCUT2D eigenvalue weighted by atomic mass is 9.99. The molecule has 2 heterocycles. The Balaban J connectivity index is 2.00. The highest BCUT2D eigenvalue weighted by molar-refractivity contribution is 5.50. The molecule has 4 nitrogen and oxygen atoms in total. The van der Waals surface area contributed by atoms with Gasteiger partial charge in [0.2, 0.25) is 0 Å². The van der Waals surface area contributed by atoms with Crippen LogP contribution < -0.4 is 4.90 Å². The molecule has 1 aliphatic rings. The number of anilines is 1. The summed E-state index contributed by atoms with van der Waals surface area (Å²) in [7, 11) is 2.06. The Bertz CT molecular complexity index is 351. The van der Waals surface area contributed by atoms with Crippen molar-refractivity contribution in [1.82, 2.24) is 4.98 Å². The normalized spacial score (nSPS) is 17.1. The first-order valence-corrected chi connectivity index (χ1v) is 6.14. The molecular weight excluding hydrogens is 216 g/mol. The van der Waals surface area contributed by atoms with E-state index in [1.807, 2.05) is 12.3 Å². The monoisotopic (exact) mass is 236 g/mol. The van der Waals surface area contributed by atoms with Crippen LogP contribution in [0.25, 0.3) is 0 Å². The molecule has 17 heavy (non-hydrogen) atoms. The van der Waals surface area contributed by atoms with E-state index >= 15 is 0 Å². The smallest absolute Gasteiger partial charge is 0.0703 e. The zero-order valence-electron chi connectivity index (χ0n) is 10.3. The van der Waals surface area contributed by atoms with E-state index in [0.717, 1.165) is 43.9 Å². The summed E-state index contributed by atoms with van der Waals surface area (Å²) in [5.41, 5.74) is 1.97. The van der Waals surface area contributed by atoms with Crippen LogP contribution in [-0.4, -0.2) is 36.9 Å². The number of hydrogen-bond acceptors (Lipinski definition) is 4. The minimum Gasteiger partial charge on any atom is -0.392 e. The molecule has 1 aliphatic heterocycles. The number of aromatic nitrogens is 1. The minimum atomic E-state index is 0.0654. The van der Waals surface area contributed by atoms with E-state index in [9.17, 15) is 5.11 Å². The van der Waals surface area contributed by atoms with Crippen molar-refractivity contribution in [3.05, 3.63) is 24.0 Å². The molecule has 1 fully saturated rings. The van der Waals surface area contributed by atoms with Gasteiger partial charge >= 0.3 is 0 Å². The summed E-state index contributed by atoms with van der Waals surface area (Å²) < 4.78 is 5.36.